The molecule has 1 N–H and O–H groups in total. The molecule has 0 amide bonds. The topological polar surface area (TPSA) is 77.0 Å². The van der Waals surface area contributed by atoms with Gasteiger partial charge in [0.1, 0.15) is 6.61 Å². The summed E-state index contributed by atoms with van der Waals surface area (Å²) in [5, 5.41) is 3.98. The van der Waals surface area contributed by atoms with Crippen LogP contribution in [-0.4, -0.2) is 20.7 Å². The molecule has 0 aliphatic rings. The first-order chi connectivity index (χ1) is 11.1. The third kappa shape index (κ3) is 3.57. The predicted molar refractivity (Wildman–Crippen MR) is 87.4 cm³/mol. The fraction of sp³-hybridized carbons (Fsp3) is 0.0625. The number of aromatic amines is 1. The Bertz CT molecular complexity index is 870. The highest BCUT2D eigenvalue weighted by Crippen LogP contribution is 2.12. The van der Waals surface area contributed by atoms with Crippen LogP contribution in [0.25, 0.3) is 5.69 Å². The highest BCUT2D eigenvalue weighted by Gasteiger charge is 2.15. The third-order valence-electron chi connectivity index (χ3n) is 3.10. The monoisotopic (exact) mass is 373 g/mol. The number of hydrogen-bond donors (Lipinski definition) is 1. The van der Waals surface area contributed by atoms with Crippen LogP contribution in [0.4, 0.5) is 0 Å². The first-order valence-electron chi connectivity index (χ1n) is 6.80. The van der Waals surface area contributed by atoms with Crippen molar-refractivity contribution in [3.63, 3.8) is 0 Å². The standard InChI is InChI=1S/C16H12BrN3O3/c17-12-6-8-13(9-7-12)20-16(22)18-14(19-20)15(21)23-10-11-4-2-1-3-5-11/h1-9H,10H2,(H,18,19,22). The molecule has 0 fully saturated rings. The molecule has 3 rings (SSSR count). The second-order valence-corrected chi connectivity index (χ2v) is 5.64. The maximum Gasteiger partial charge on any atom is 0.376 e. The summed E-state index contributed by atoms with van der Waals surface area (Å²) in [5.41, 5.74) is 0.908. The van der Waals surface area contributed by atoms with Gasteiger partial charge in [-0.3, -0.25) is 4.98 Å². The summed E-state index contributed by atoms with van der Waals surface area (Å²) in [6, 6.07) is 16.3. The Kier molecular flexibility index (Phi) is 4.38. The zero-order valence-electron chi connectivity index (χ0n) is 11.9. The molecule has 1 aromatic heterocycles. The highest BCUT2D eigenvalue weighted by atomic mass is 79.9. The number of H-pyrrole nitrogens is 1. The van der Waals surface area contributed by atoms with Gasteiger partial charge in [0.05, 0.1) is 5.69 Å². The summed E-state index contributed by atoms with van der Waals surface area (Å²) >= 11 is 3.32. The summed E-state index contributed by atoms with van der Waals surface area (Å²) in [4.78, 5) is 26.3. The van der Waals surface area contributed by atoms with Gasteiger partial charge in [-0.2, -0.15) is 4.68 Å². The number of esters is 1. The van der Waals surface area contributed by atoms with Crippen molar-refractivity contribution in [2.45, 2.75) is 6.61 Å². The number of aromatic nitrogens is 3. The van der Waals surface area contributed by atoms with Crippen molar-refractivity contribution < 1.29 is 9.53 Å². The SMILES string of the molecule is O=C(OCc1ccccc1)c1nn(-c2ccc(Br)cc2)c(=O)[nH]1. The van der Waals surface area contributed by atoms with Gasteiger partial charge in [-0.15, -0.1) is 5.10 Å². The molecule has 0 spiro atoms. The Balaban J connectivity index is 1.76. The zero-order valence-corrected chi connectivity index (χ0v) is 13.5. The van der Waals surface area contributed by atoms with Crippen LogP contribution in [0.2, 0.25) is 0 Å². The van der Waals surface area contributed by atoms with Gasteiger partial charge in [0.15, 0.2) is 0 Å². The number of carbonyl (C=O) groups is 1. The lowest BCUT2D eigenvalue weighted by molar-refractivity contribution is 0.0458. The molecule has 3 aromatic rings. The first kappa shape index (κ1) is 15.2. The Hall–Kier alpha value is -2.67. The summed E-state index contributed by atoms with van der Waals surface area (Å²) in [6.45, 7) is 0.118. The van der Waals surface area contributed by atoms with Gasteiger partial charge in [0.25, 0.3) is 0 Å². The van der Waals surface area contributed by atoms with Crippen LogP contribution in [0.3, 0.4) is 0 Å². The predicted octanol–water partition coefficient (Wildman–Crippen LogP) is 2.68. The largest absolute Gasteiger partial charge is 0.455 e. The molecule has 0 atom stereocenters. The maximum atomic E-state index is 12.0. The summed E-state index contributed by atoms with van der Waals surface area (Å²) in [6.07, 6.45) is 0. The second kappa shape index (κ2) is 6.62. The van der Waals surface area contributed by atoms with E-state index in [0.717, 1.165) is 14.7 Å². The number of ether oxygens (including phenoxy) is 1. The van der Waals surface area contributed by atoms with E-state index in [1.54, 1.807) is 24.3 Å². The highest BCUT2D eigenvalue weighted by molar-refractivity contribution is 9.10. The Morgan fingerprint density at radius 3 is 2.52 bits per heavy atom. The van der Waals surface area contributed by atoms with E-state index in [1.807, 2.05) is 30.3 Å². The molecule has 0 aliphatic carbocycles. The number of nitrogens with one attached hydrogen (secondary N) is 1. The molecule has 23 heavy (non-hydrogen) atoms. The summed E-state index contributed by atoms with van der Waals surface area (Å²) in [5.74, 6) is -0.810. The molecule has 6 nitrogen and oxygen atoms in total. The van der Waals surface area contributed by atoms with Crippen LogP contribution in [0.15, 0.2) is 63.9 Å². The molecular formula is C16H12BrN3O3. The lowest BCUT2D eigenvalue weighted by Crippen LogP contribution is -2.15. The molecule has 1 heterocycles. The van der Waals surface area contributed by atoms with Gasteiger partial charge in [-0.1, -0.05) is 46.3 Å². The van der Waals surface area contributed by atoms with E-state index in [4.69, 9.17) is 4.74 Å². The molecule has 116 valence electrons. The minimum Gasteiger partial charge on any atom is -0.455 e. The zero-order chi connectivity index (χ0) is 16.2. The minimum absolute atomic E-state index is 0.118. The minimum atomic E-state index is -0.679. The number of rotatable bonds is 4. The van der Waals surface area contributed by atoms with Gasteiger partial charge in [-0.05, 0) is 29.8 Å². The molecule has 0 radical (unpaired) electrons. The number of halogens is 1. The molecule has 0 saturated carbocycles. The molecule has 0 bridgehead atoms. The lowest BCUT2D eigenvalue weighted by Gasteiger charge is -2.02. The number of benzene rings is 2. The summed E-state index contributed by atoms with van der Waals surface area (Å²) in [7, 11) is 0. The van der Waals surface area contributed by atoms with Crippen molar-refractivity contribution in [1.29, 1.82) is 0 Å². The van der Waals surface area contributed by atoms with E-state index in [2.05, 4.69) is 26.0 Å². The maximum absolute atomic E-state index is 12.0. The normalized spacial score (nSPS) is 10.5. The Morgan fingerprint density at radius 1 is 1.13 bits per heavy atom. The summed E-state index contributed by atoms with van der Waals surface area (Å²) < 4.78 is 7.14. The fourth-order valence-corrected chi connectivity index (χ4v) is 2.23. The smallest absolute Gasteiger partial charge is 0.376 e. The second-order valence-electron chi connectivity index (χ2n) is 4.73. The van der Waals surface area contributed by atoms with Crippen molar-refractivity contribution in [3.05, 3.63) is 80.9 Å². The third-order valence-corrected chi connectivity index (χ3v) is 3.62. The average molecular weight is 374 g/mol. The van der Waals surface area contributed by atoms with Crippen LogP contribution in [0.1, 0.15) is 16.2 Å². The lowest BCUT2D eigenvalue weighted by atomic mass is 10.2. The van der Waals surface area contributed by atoms with E-state index in [-0.39, 0.29) is 12.4 Å². The number of hydrogen-bond acceptors (Lipinski definition) is 4. The van der Waals surface area contributed by atoms with Crippen LogP contribution in [-0.2, 0) is 11.3 Å². The van der Waals surface area contributed by atoms with E-state index >= 15 is 0 Å². The van der Waals surface area contributed by atoms with Gasteiger partial charge >= 0.3 is 11.7 Å². The first-order valence-corrected chi connectivity index (χ1v) is 7.59. The van der Waals surface area contributed by atoms with E-state index in [0.29, 0.717) is 5.69 Å². The quantitative estimate of drug-likeness (QED) is 0.713. The van der Waals surface area contributed by atoms with Crippen molar-refractivity contribution in [3.8, 4) is 5.69 Å². The van der Waals surface area contributed by atoms with Crippen LogP contribution in [0, 0.1) is 0 Å². The molecular weight excluding hydrogens is 362 g/mol. The molecule has 0 unspecified atom stereocenters. The van der Waals surface area contributed by atoms with Gasteiger partial charge in [0.2, 0.25) is 5.82 Å². The Labute approximate surface area is 139 Å². The van der Waals surface area contributed by atoms with Gasteiger partial charge in [-0.25, -0.2) is 9.59 Å². The van der Waals surface area contributed by atoms with Crippen molar-refractivity contribution in [2.24, 2.45) is 0 Å². The van der Waals surface area contributed by atoms with Gasteiger partial charge < -0.3 is 4.74 Å². The molecule has 2 aromatic carbocycles. The van der Waals surface area contributed by atoms with Crippen LogP contribution in [0.5, 0.6) is 0 Å². The molecule has 0 aliphatic heterocycles. The fourth-order valence-electron chi connectivity index (χ4n) is 1.97. The van der Waals surface area contributed by atoms with E-state index in [1.165, 1.54) is 0 Å². The van der Waals surface area contributed by atoms with Crippen LogP contribution < -0.4 is 5.69 Å². The van der Waals surface area contributed by atoms with E-state index in [9.17, 15) is 9.59 Å². The number of nitrogens with zero attached hydrogens (tertiary/aromatic N) is 2. The van der Waals surface area contributed by atoms with E-state index < -0.39 is 11.7 Å². The number of carbonyl (C=O) groups excluding carboxylic acids is 1. The average Bonchev–Trinajstić information content (AvgIpc) is 2.96. The van der Waals surface area contributed by atoms with Crippen molar-refractivity contribution in [1.82, 2.24) is 14.8 Å². The van der Waals surface area contributed by atoms with Gasteiger partial charge in [0, 0.05) is 4.47 Å². The Morgan fingerprint density at radius 2 is 1.83 bits per heavy atom. The van der Waals surface area contributed by atoms with Crippen molar-refractivity contribution >= 4 is 21.9 Å². The van der Waals surface area contributed by atoms with Crippen molar-refractivity contribution in [2.75, 3.05) is 0 Å². The molecule has 7 heteroatoms. The molecule has 0 saturated heterocycles. The van der Waals surface area contributed by atoms with Crippen LogP contribution >= 0.6 is 15.9 Å².